The Labute approximate surface area is 118 Å². The van der Waals surface area contributed by atoms with Crippen molar-refractivity contribution in [2.24, 2.45) is 0 Å². The van der Waals surface area contributed by atoms with Gasteiger partial charge in [-0.2, -0.15) is 0 Å². The minimum absolute atomic E-state index is 0.112. The van der Waals surface area contributed by atoms with Crippen LogP contribution in [-0.4, -0.2) is 33.6 Å². The zero-order chi connectivity index (χ0) is 14.0. The van der Waals surface area contributed by atoms with Gasteiger partial charge in [-0.05, 0) is 12.1 Å². The van der Waals surface area contributed by atoms with E-state index in [0.29, 0.717) is 10.0 Å². The molecule has 6 heteroatoms. The third-order valence-electron chi connectivity index (χ3n) is 2.71. The van der Waals surface area contributed by atoms with Gasteiger partial charge in [0.2, 0.25) is 0 Å². The molecule has 2 rings (SSSR count). The van der Waals surface area contributed by atoms with Gasteiger partial charge >= 0.3 is 6.09 Å². The number of hydrogen-bond acceptors (Lipinski definition) is 3. The Hall–Kier alpha value is -2.08. The van der Waals surface area contributed by atoms with Crippen LogP contribution in [0.4, 0.5) is 4.79 Å². The quantitative estimate of drug-likeness (QED) is 0.694. The maximum Gasteiger partial charge on any atom is 0.413 e. The number of nitrogens with one attached hydrogen (secondary N) is 1. The monoisotopic (exact) mass is 322 g/mol. The fourth-order valence-electron chi connectivity index (χ4n) is 1.75. The van der Waals surface area contributed by atoms with Gasteiger partial charge in [0.1, 0.15) is 11.6 Å². The van der Waals surface area contributed by atoms with Gasteiger partial charge in [0.15, 0.2) is 0 Å². The van der Waals surface area contributed by atoms with Crippen molar-refractivity contribution in [2.45, 2.75) is 0 Å². The second kappa shape index (κ2) is 5.27. The molecule has 0 saturated heterocycles. The predicted octanol–water partition coefficient (Wildman–Crippen LogP) is 3.25. The molecule has 0 saturated carbocycles. The number of benzene rings is 1. The summed E-state index contributed by atoms with van der Waals surface area (Å²) in [6.07, 6.45) is 1.93. The molecular weight excluding hydrogens is 312 g/mol. The van der Waals surface area contributed by atoms with Crippen LogP contribution in [0.3, 0.4) is 0 Å². The summed E-state index contributed by atoms with van der Waals surface area (Å²) in [7, 11) is 0. The zero-order valence-electron chi connectivity index (χ0n) is 9.80. The summed E-state index contributed by atoms with van der Waals surface area (Å²) in [5.41, 5.74) is 0.694. The Balaban J connectivity index is 2.50. The summed E-state index contributed by atoms with van der Waals surface area (Å²) in [4.78, 5) is 11.8. The second-order valence-corrected chi connectivity index (χ2v) is 4.74. The molecule has 0 aliphatic carbocycles. The van der Waals surface area contributed by atoms with Crippen LogP contribution in [0.1, 0.15) is 5.56 Å². The van der Waals surface area contributed by atoms with Crippen molar-refractivity contribution in [1.82, 2.24) is 4.90 Å². The molecule has 1 aliphatic heterocycles. The molecule has 19 heavy (non-hydrogen) atoms. The number of hydrogen-bond donors (Lipinski definition) is 3. The van der Waals surface area contributed by atoms with Crippen molar-refractivity contribution < 1.29 is 15.0 Å². The van der Waals surface area contributed by atoms with Crippen LogP contribution in [-0.2, 0) is 0 Å². The van der Waals surface area contributed by atoms with Gasteiger partial charge in [-0.25, -0.2) is 4.79 Å². The number of amidine groups is 1. The highest BCUT2D eigenvalue weighted by molar-refractivity contribution is 9.10. The van der Waals surface area contributed by atoms with E-state index >= 15 is 0 Å². The Kier molecular flexibility index (Phi) is 3.71. The lowest BCUT2D eigenvalue weighted by molar-refractivity contribution is 0.172. The van der Waals surface area contributed by atoms with E-state index in [0.717, 1.165) is 4.90 Å². The lowest BCUT2D eigenvalue weighted by Crippen LogP contribution is -2.38. The number of amides is 1. The fraction of sp³-hybridized carbons (Fsp3) is 0.0769. The van der Waals surface area contributed by atoms with Crippen LogP contribution in [0.25, 0.3) is 5.76 Å². The Morgan fingerprint density at radius 3 is 2.63 bits per heavy atom. The largest absolute Gasteiger partial charge is 0.507 e. The van der Waals surface area contributed by atoms with Gasteiger partial charge in [-0.3, -0.25) is 10.3 Å². The van der Waals surface area contributed by atoms with E-state index in [1.165, 1.54) is 0 Å². The van der Waals surface area contributed by atoms with Gasteiger partial charge in [0.25, 0.3) is 0 Å². The summed E-state index contributed by atoms with van der Waals surface area (Å²) in [5.74, 6) is -0.358. The van der Waals surface area contributed by atoms with E-state index in [-0.39, 0.29) is 23.7 Å². The molecule has 0 unspecified atom stereocenters. The highest BCUT2D eigenvalue weighted by Crippen LogP contribution is 2.27. The molecule has 1 aromatic rings. The van der Waals surface area contributed by atoms with Gasteiger partial charge in [0, 0.05) is 16.6 Å². The van der Waals surface area contributed by atoms with Crippen LogP contribution < -0.4 is 0 Å². The van der Waals surface area contributed by atoms with Crippen molar-refractivity contribution >= 4 is 33.6 Å². The van der Waals surface area contributed by atoms with E-state index in [1.54, 1.807) is 36.4 Å². The van der Waals surface area contributed by atoms with Crippen molar-refractivity contribution in [3.63, 3.8) is 0 Å². The molecule has 0 aromatic heterocycles. The third-order valence-corrected chi connectivity index (χ3v) is 3.40. The Bertz CT molecular complexity index is 608. The Morgan fingerprint density at radius 2 is 2.00 bits per heavy atom. The number of aliphatic hydroxyl groups is 1. The molecule has 0 spiro atoms. The van der Waals surface area contributed by atoms with Crippen molar-refractivity contribution in [3.05, 3.63) is 52.0 Å². The summed E-state index contributed by atoms with van der Waals surface area (Å²) in [6.45, 7) is 0.112. The average Bonchev–Trinajstić information content (AvgIpc) is 2.38. The van der Waals surface area contributed by atoms with Crippen molar-refractivity contribution in [3.8, 4) is 0 Å². The molecule has 0 bridgehead atoms. The number of aliphatic hydroxyl groups excluding tert-OH is 1. The molecular formula is C13H11BrN2O3. The number of nitrogens with zero attached hydrogens (tertiary/aromatic N) is 1. The van der Waals surface area contributed by atoms with Crippen LogP contribution in [0, 0.1) is 5.41 Å². The van der Waals surface area contributed by atoms with E-state index in [2.05, 4.69) is 15.9 Å². The lowest BCUT2D eigenvalue weighted by Gasteiger charge is -2.23. The summed E-state index contributed by atoms with van der Waals surface area (Å²) in [5, 5.41) is 27.0. The van der Waals surface area contributed by atoms with E-state index in [4.69, 9.17) is 10.5 Å². The molecule has 0 atom stereocenters. The maximum atomic E-state index is 11.0. The highest BCUT2D eigenvalue weighted by Gasteiger charge is 2.24. The predicted molar refractivity (Wildman–Crippen MR) is 75.3 cm³/mol. The SMILES string of the molecule is N=C1C(=C(O)c2ccccc2Br)C=CCN1C(=O)O. The van der Waals surface area contributed by atoms with Crippen LogP contribution in [0.2, 0.25) is 0 Å². The van der Waals surface area contributed by atoms with E-state index in [1.807, 2.05) is 0 Å². The molecule has 0 radical (unpaired) electrons. The van der Waals surface area contributed by atoms with Crippen LogP contribution in [0.15, 0.2) is 46.5 Å². The first-order chi connectivity index (χ1) is 9.02. The van der Waals surface area contributed by atoms with Crippen molar-refractivity contribution in [1.29, 1.82) is 5.41 Å². The first kappa shape index (κ1) is 13.4. The van der Waals surface area contributed by atoms with E-state index in [9.17, 15) is 9.90 Å². The minimum atomic E-state index is -1.22. The summed E-state index contributed by atoms with van der Waals surface area (Å²) < 4.78 is 0.675. The Morgan fingerprint density at radius 1 is 1.32 bits per heavy atom. The number of carbonyl (C=O) groups is 1. The number of rotatable bonds is 1. The van der Waals surface area contributed by atoms with Crippen LogP contribution >= 0.6 is 15.9 Å². The third kappa shape index (κ3) is 2.53. The minimum Gasteiger partial charge on any atom is -0.507 e. The first-order valence-electron chi connectivity index (χ1n) is 5.46. The average molecular weight is 323 g/mol. The molecule has 5 nitrogen and oxygen atoms in total. The molecule has 1 aliphatic rings. The zero-order valence-corrected chi connectivity index (χ0v) is 11.4. The van der Waals surface area contributed by atoms with E-state index < -0.39 is 6.09 Å². The molecule has 0 fully saturated rings. The molecule has 3 N–H and O–H groups in total. The highest BCUT2D eigenvalue weighted by atomic mass is 79.9. The summed E-state index contributed by atoms with van der Waals surface area (Å²) >= 11 is 3.31. The normalized spacial score (nSPS) is 17.5. The number of halogens is 1. The smallest absolute Gasteiger partial charge is 0.413 e. The summed E-state index contributed by atoms with van der Waals surface area (Å²) in [6, 6.07) is 7.00. The van der Waals surface area contributed by atoms with Gasteiger partial charge in [0.05, 0.1) is 5.57 Å². The maximum absolute atomic E-state index is 11.0. The topological polar surface area (TPSA) is 84.6 Å². The van der Waals surface area contributed by atoms with Gasteiger partial charge < -0.3 is 10.2 Å². The number of carboxylic acid groups (broad SMARTS) is 1. The van der Waals surface area contributed by atoms with Gasteiger partial charge in [-0.15, -0.1) is 0 Å². The standard InChI is InChI=1S/C13H11BrN2O3/c14-10-6-2-1-4-8(10)11(17)9-5-3-7-16(12(9)15)13(18)19/h1-6,15,17H,7H2,(H,18,19). The molecule has 1 aromatic carbocycles. The van der Waals surface area contributed by atoms with Crippen LogP contribution in [0.5, 0.6) is 0 Å². The fourth-order valence-corrected chi connectivity index (χ4v) is 2.23. The van der Waals surface area contributed by atoms with Crippen molar-refractivity contribution in [2.75, 3.05) is 6.54 Å². The molecule has 1 heterocycles. The van der Waals surface area contributed by atoms with Gasteiger partial charge in [-0.1, -0.05) is 40.2 Å². The second-order valence-electron chi connectivity index (χ2n) is 3.89. The lowest BCUT2D eigenvalue weighted by atomic mass is 10.0. The first-order valence-corrected chi connectivity index (χ1v) is 6.25. The molecule has 98 valence electrons. The molecule has 1 amide bonds.